The fraction of sp³-hybridized carbons (Fsp3) is 0.0952. The normalized spacial score (nSPS) is 14.1. The zero-order chi connectivity index (χ0) is 32.1. The number of benzene rings is 5. The van der Waals surface area contributed by atoms with Crippen molar-refractivity contribution in [1.29, 1.82) is 0 Å². The van der Waals surface area contributed by atoms with E-state index in [0.717, 1.165) is 71.9 Å². The summed E-state index contributed by atoms with van der Waals surface area (Å²) in [7, 11) is 0. The Morgan fingerprint density at radius 1 is 0.694 bits per heavy atom. The van der Waals surface area contributed by atoms with Gasteiger partial charge in [0.2, 0.25) is 0 Å². The van der Waals surface area contributed by atoms with E-state index in [1.165, 1.54) is 0 Å². The summed E-state index contributed by atoms with van der Waals surface area (Å²) in [6, 6.07) is 40.9. The molecule has 0 radical (unpaired) electrons. The quantitative estimate of drug-likeness (QED) is 0.103. The Hall–Kier alpha value is -5.35. The van der Waals surface area contributed by atoms with Crippen LogP contribution in [-0.2, 0) is 25.8 Å². The Morgan fingerprint density at radius 3 is 2.41 bits per heavy atom. The van der Waals surface area contributed by atoms with Crippen molar-refractivity contribution < 1.29 is 29.6 Å². The summed E-state index contributed by atoms with van der Waals surface area (Å²) in [6.45, 7) is 4.49. The van der Waals surface area contributed by atoms with E-state index < -0.39 is 6.17 Å². The summed E-state index contributed by atoms with van der Waals surface area (Å²) in [5, 5.41) is 4.94. The Balaban J connectivity index is 0.00000325. The van der Waals surface area contributed by atoms with Gasteiger partial charge in [0, 0.05) is 51.4 Å². The van der Waals surface area contributed by atoms with E-state index in [0.29, 0.717) is 16.8 Å². The van der Waals surface area contributed by atoms with Crippen LogP contribution in [0.5, 0.6) is 11.5 Å². The first kappa shape index (κ1) is 29.8. The van der Waals surface area contributed by atoms with Crippen molar-refractivity contribution in [2.24, 2.45) is 0 Å². The maximum atomic E-state index is 16.6. The topological polar surface area (TPSA) is 44.4 Å². The van der Waals surface area contributed by atoms with Gasteiger partial charge in [0.25, 0.3) is 0 Å². The van der Waals surface area contributed by atoms with Gasteiger partial charge in [0.1, 0.15) is 23.3 Å². The van der Waals surface area contributed by atoms with Gasteiger partial charge in [-0.2, -0.15) is 18.2 Å². The van der Waals surface area contributed by atoms with Crippen LogP contribution < -0.4 is 4.74 Å². The van der Waals surface area contributed by atoms with Crippen LogP contribution in [0.4, 0.5) is 4.39 Å². The number of imidazole rings is 1. The van der Waals surface area contributed by atoms with Gasteiger partial charge in [-0.1, -0.05) is 72.3 Å². The van der Waals surface area contributed by atoms with Crippen molar-refractivity contribution in [3.05, 3.63) is 156 Å². The second kappa shape index (κ2) is 10.8. The van der Waals surface area contributed by atoms with Crippen LogP contribution in [0, 0.1) is 12.1 Å². The number of hydrogen-bond donors (Lipinski definition) is 0. The minimum Gasteiger partial charge on any atom is -0.457 e. The maximum Gasteiger partial charge on any atom is 2.00 e. The molecule has 1 atom stereocenters. The third-order valence-corrected chi connectivity index (χ3v) is 9.93. The number of nitrogens with zero attached hydrogens (tertiary/aromatic N) is 4. The van der Waals surface area contributed by atoms with Crippen molar-refractivity contribution in [1.82, 2.24) is 18.9 Å². The molecule has 0 N–H and O–H groups in total. The predicted octanol–water partition coefficient (Wildman–Crippen LogP) is 10.2. The first-order valence-corrected chi connectivity index (χ1v) is 16.1. The molecule has 49 heavy (non-hydrogen) atoms. The summed E-state index contributed by atoms with van der Waals surface area (Å²) in [4.78, 5) is 9.46. The van der Waals surface area contributed by atoms with Gasteiger partial charge in [-0.15, -0.1) is 29.8 Å². The molecule has 0 fully saturated rings. The molecular weight excluding hydrogens is 702 g/mol. The number of halogens is 1. The second-order valence-corrected chi connectivity index (χ2v) is 13.0. The zero-order valence-electron chi connectivity index (χ0n) is 26.5. The van der Waals surface area contributed by atoms with Crippen molar-refractivity contribution in [2.45, 2.75) is 25.4 Å². The molecule has 7 heteroatoms. The van der Waals surface area contributed by atoms with Gasteiger partial charge in [0.15, 0.2) is 0 Å². The van der Waals surface area contributed by atoms with Gasteiger partial charge in [-0.25, -0.2) is 9.37 Å². The Kier molecular flexibility index (Phi) is 6.58. The molecule has 5 heterocycles. The van der Waals surface area contributed by atoms with Crippen LogP contribution in [-0.4, -0.2) is 18.9 Å². The van der Waals surface area contributed by atoms with Crippen LogP contribution in [0.2, 0.25) is 0 Å². The predicted molar refractivity (Wildman–Crippen MR) is 188 cm³/mol. The molecule has 5 aromatic carbocycles. The first-order chi connectivity index (χ1) is 23.5. The molecule has 9 aromatic rings. The number of fused-ring (bicyclic) bond motifs is 12. The minimum atomic E-state index is -1.45. The average molecular weight is 729 g/mol. The number of rotatable bonds is 3. The van der Waals surface area contributed by atoms with Crippen LogP contribution >= 0.6 is 0 Å². The molecule has 0 bridgehead atoms. The van der Waals surface area contributed by atoms with Gasteiger partial charge in [-0.3, -0.25) is 4.98 Å². The SMILES string of the molecule is CC1(C)c2ccccc2Oc2ccc3c(c21)c1cccnc1n3-c1[c-]c(C(F)c2[c-]c3c(cc2)c2ccccc2n2ccnc32)ccc1.[Pd+2]. The monoisotopic (exact) mass is 728 g/mol. The van der Waals surface area contributed by atoms with Crippen molar-refractivity contribution in [3.8, 4) is 17.2 Å². The molecule has 0 amide bonds. The van der Waals surface area contributed by atoms with Gasteiger partial charge >= 0.3 is 20.4 Å². The second-order valence-electron chi connectivity index (χ2n) is 13.0. The number of aromatic nitrogens is 4. The maximum absolute atomic E-state index is 16.6. The van der Waals surface area contributed by atoms with Gasteiger partial charge in [0.05, 0.1) is 11.2 Å². The number of ether oxygens (including phenoxy) is 1. The molecule has 4 aromatic heterocycles. The van der Waals surface area contributed by atoms with E-state index in [-0.39, 0.29) is 25.8 Å². The Labute approximate surface area is 295 Å². The number of alkyl halides is 1. The van der Waals surface area contributed by atoms with Crippen LogP contribution in [0.15, 0.2) is 122 Å². The molecule has 0 aliphatic carbocycles. The van der Waals surface area contributed by atoms with Crippen molar-refractivity contribution in [3.63, 3.8) is 0 Å². The number of para-hydroxylation sites is 2. The van der Waals surface area contributed by atoms with Crippen molar-refractivity contribution in [2.75, 3.05) is 0 Å². The molecule has 1 aliphatic heterocycles. The molecule has 0 saturated carbocycles. The summed E-state index contributed by atoms with van der Waals surface area (Å²) in [6.07, 6.45) is 4.06. The average Bonchev–Trinajstić information content (AvgIpc) is 3.75. The third-order valence-electron chi connectivity index (χ3n) is 9.93. The molecule has 5 nitrogen and oxygen atoms in total. The van der Waals surface area contributed by atoms with E-state index in [1.54, 1.807) is 18.5 Å². The zero-order valence-corrected chi connectivity index (χ0v) is 28.1. The summed E-state index contributed by atoms with van der Waals surface area (Å²) >= 11 is 0. The van der Waals surface area contributed by atoms with E-state index in [9.17, 15) is 0 Å². The standard InChI is InChI=1S/C42H27FN4O.Pd/c1-42(2)32-13-4-6-15-35(32)48-36-19-18-34-37(38(36)42)30-12-8-20-44-41(30)47(34)27-10-7-9-25(23-27)39(43)26-16-17-28-29-11-3-5-14-33(29)46-22-21-45-40(46)31(28)24-26;/h3-22,39H,1-2H3;/q-2;+2. The molecule has 1 aliphatic rings. The molecule has 1 unspecified atom stereocenters. The number of hydrogen-bond acceptors (Lipinski definition) is 3. The van der Waals surface area contributed by atoms with Crippen LogP contribution in [0.25, 0.3) is 54.9 Å². The fourth-order valence-corrected chi connectivity index (χ4v) is 7.76. The molecule has 238 valence electrons. The molecule has 10 rings (SSSR count). The van der Waals surface area contributed by atoms with E-state index in [1.807, 2.05) is 71.3 Å². The van der Waals surface area contributed by atoms with E-state index in [4.69, 9.17) is 9.72 Å². The smallest absolute Gasteiger partial charge is 0.457 e. The number of pyridine rings is 2. The van der Waals surface area contributed by atoms with Crippen LogP contribution in [0.1, 0.15) is 42.3 Å². The Bertz CT molecular complexity index is 2780. The largest absolute Gasteiger partial charge is 2.00 e. The van der Waals surface area contributed by atoms with Crippen molar-refractivity contribution >= 4 is 49.3 Å². The third kappa shape index (κ3) is 4.19. The van der Waals surface area contributed by atoms with Crippen LogP contribution in [0.3, 0.4) is 0 Å². The fourth-order valence-electron chi connectivity index (χ4n) is 7.76. The van der Waals surface area contributed by atoms with E-state index in [2.05, 4.69) is 71.9 Å². The Morgan fingerprint density at radius 2 is 1.49 bits per heavy atom. The minimum absolute atomic E-state index is 0. The summed E-state index contributed by atoms with van der Waals surface area (Å²) in [5.41, 5.74) is 7.04. The van der Waals surface area contributed by atoms with Gasteiger partial charge in [-0.05, 0) is 41.8 Å². The molecular formula is C42H27FN4OPd. The molecule has 0 saturated heterocycles. The first-order valence-electron chi connectivity index (χ1n) is 16.1. The van der Waals surface area contributed by atoms with Gasteiger partial charge < -0.3 is 13.7 Å². The summed E-state index contributed by atoms with van der Waals surface area (Å²) < 4.78 is 27.2. The van der Waals surface area contributed by atoms with E-state index >= 15 is 4.39 Å². The summed E-state index contributed by atoms with van der Waals surface area (Å²) in [5.74, 6) is 1.71. The molecule has 0 spiro atoms.